The van der Waals surface area contributed by atoms with Crippen LogP contribution in [0.2, 0.25) is 0 Å². The summed E-state index contributed by atoms with van der Waals surface area (Å²) in [5, 5.41) is 2.86. The second-order valence-corrected chi connectivity index (χ2v) is 5.55. The number of imidazole rings is 1. The van der Waals surface area contributed by atoms with Gasteiger partial charge in [-0.05, 0) is 38.9 Å². The molecule has 0 unspecified atom stereocenters. The van der Waals surface area contributed by atoms with Crippen LogP contribution < -0.4 is 11.1 Å². The molecule has 3 N–H and O–H groups in total. The van der Waals surface area contributed by atoms with Gasteiger partial charge in [-0.2, -0.15) is 0 Å². The van der Waals surface area contributed by atoms with Crippen molar-refractivity contribution in [2.75, 3.05) is 26.2 Å². The van der Waals surface area contributed by atoms with Crippen molar-refractivity contribution in [2.45, 2.75) is 19.3 Å². The molecular formula is C14H23N5O2. The molecule has 116 valence electrons. The van der Waals surface area contributed by atoms with Crippen LogP contribution in [0.5, 0.6) is 0 Å². The molecule has 21 heavy (non-hydrogen) atoms. The Bertz CT molecular complexity index is 491. The topological polar surface area (TPSA) is 93.2 Å². The molecule has 1 saturated heterocycles. The summed E-state index contributed by atoms with van der Waals surface area (Å²) < 4.78 is 1.75. The molecule has 7 heteroatoms. The highest BCUT2D eigenvalue weighted by atomic mass is 16.2. The number of aromatic nitrogens is 2. The molecule has 2 rings (SSSR count). The lowest BCUT2D eigenvalue weighted by atomic mass is 9.96. The number of hydrogen-bond donors (Lipinski definition) is 2. The number of nitrogens with one attached hydrogen (secondary N) is 1. The normalized spacial score (nSPS) is 16.8. The number of likely N-dealkylation sites (tertiary alicyclic amines) is 1. The van der Waals surface area contributed by atoms with E-state index >= 15 is 0 Å². The summed E-state index contributed by atoms with van der Waals surface area (Å²) in [6, 6.07) is 0. The van der Waals surface area contributed by atoms with Gasteiger partial charge in [-0.15, -0.1) is 0 Å². The number of nitrogens with two attached hydrogens (primary N) is 1. The van der Waals surface area contributed by atoms with E-state index in [1.165, 1.54) is 0 Å². The van der Waals surface area contributed by atoms with Crippen molar-refractivity contribution in [3.8, 4) is 0 Å². The lowest BCUT2D eigenvalue weighted by Gasteiger charge is -2.30. The Morgan fingerprint density at radius 3 is 2.71 bits per heavy atom. The van der Waals surface area contributed by atoms with E-state index in [2.05, 4.69) is 15.2 Å². The van der Waals surface area contributed by atoms with Crippen LogP contribution in [0.3, 0.4) is 0 Å². The minimum atomic E-state index is -0.183. The number of primary amides is 1. The van der Waals surface area contributed by atoms with Crippen molar-refractivity contribution in [2.24, 2.45) is 18.7 Å². The van der Waals surface area contributed by atoms with Gasteiger partial charge in [-0.3, -0.25) is 9.59 Å². The van der Waals surface area contributed by atoms with Gasteiger partial charge in [0.2, 0.25) is 5.91 Å². The van der Waals surface area contributed by atoms with Gasteiger partial charge in [-0.25, -0.2) is 4.98 Å². The third-order valence-electron chi connectivity index (χ3n) is 3.86. The molecule has 0 atom stereocenters. The van der Waals surface area contributed by atoms with Crippen LogP contribution in [0.15, 0.2) is 12.5 Å². The summed E-state index contributed by atoms with van der Waals surface area (Å²) in [6.07, 6.45) is 5.88. The number of hydrogen-bond acceptors (Lipinski definition) is 4. The van der Waals surface area contributed by atoms with Gasteiger partial charge >= 0.3 is 0 Å². The molecular weight excluding hydrogens is 270 g/mol. The molecule has 0 aromatic carbocycles. The number of carbonyl (C=O) groups excluding carboxylic acids is 2. The number of rotatable bonds is 6. The fourth-order valence-electron chi connectivity index (χ4n) is 2.57. The molecule has 0 radical (unpaired) electrons. The predicted molar refractivity (Wildman–Crippen MR) is 78.5 cm³/mol. The van der Waals surface area contributed by atoms with Crippen LogP contribution in [0.25, 0.3) is 0 Å². The van der Waals surface area contributed by atoms with Gasteiger partial charge in [0.05, 0.1) is 6.33 Å². The molecule has 2 amide bonds. The van der Waals surface area contributed by atoms with Gasteiger partial charge in [0, 0.05) is 25.7 Å². The Balaban J connectivity index is 1.60. The van der Waals surface area contributed by atoms with Crippen molar-refractivity contribution >= 4 is 11.8 Å². The van der Waals surface area contributed by atoms with Crippen LogP contribution in [-0.2, 0) is 11.8 Å². The first kappa shape index (κ1) is 15.5. The Labute approximate surface area is 124 Å². The SMILES string of the molecule is Cn1cnc(C(=O)NCCCN2CCC(C(N)=O)CC2)c1. The van der Waals surface area contributed by atoms with Crippen molar-refractivity contribution < 1.29 is 9.59 Å². The molecule has 1 aromatic rings. The number of piperidine rings is 1. The summed E-state index contributed by atoms with van der Waals surface area (Å²) in [5.74, 6) is -0.287. The fourth-order valence-corrected chi connectivity index (χ4v) is 2.57. The molecule has 0 spiro atoms. The second-order valence-electron chi connectivity index (χ2n) is 5.55. The molecule has 1 aromatic heterocycles. The zero-order chi connectivity index (χ0) is 15.2. The van der Waals surface area contributed by atoms with Gasteiger partial charge in [0.15, 0.2) is 0 Å². The van der Waals surface area contributed by atoms with Crippen molar-refractivity contribution in [3.05, 3.63) is 18.2 Å². The number of carbonyl (C=O) groups is 2. The Hall–Kier alpha value is -1.89. The number of amides is 2. The van der Waals surface area contributed by atoms with Crippen LogP contribution in [-0.4, -0.2) is 52.4 Å². The van der Waals surface area contributed by atoms with Crippen molar-refractivity contribution in [1.29, 1.82) is 0 Å². The summed E-state index contributed by atoms with van der Waals surface area (Å²) in [6.45, 7) is 3.36. The van der Waals surface area contributed by atoms with E-state index in [9.17, 15) is 9.59 Å². The van der Waals surface area contributed by atoms with Crippen molar-refractivity contribution in [1.82, 2.24) is 19.8 Å². The highest BCUT2D eigenvalue weighted by molar-refractivity contribution is 5.91. The molecule has 0 bridgehead atoms. The quantitative estimate of drug-likeness (QED) is 0.707. The zero-order valence-corrected chi connectivity index (χ0v) is 12.4. The van der Waals surface area contributed by atoms with Gasteiger partial charge in [0.25, 0.3) is 5.91 Å². The maximum atomic E-state index is 11.8. The van der Waals surface area contributed by atoms with Crippen LogP contribution >= 0.6 is 0 Å². The fraction of sp³-hybridized carbons (Fsp3) is 0.643. The summed E-state index contributed by atoms with van der Waals surface area (Å²) in [5.41, 5.74) is 5.76. The predicted octanol–water partition coefficient (Wildman–Crippen LogP) is -0.263. The van der Waals surface area contributed by atoms with E-state index in [0.717, 1.165) is 38.9 Å². The van der Waals surface area contributed by atoms with E-state index in [1.54, 1.807) is 17.1 Å². The maximum absolute atomic E-state index is 11.8. The third kappa shape index (κ3) is 4.56. The molecule has 7 nitrogen and oxygen atoms in total. The monoisotopic (exact) mass is 293 g/mol. The summed E-state index contributed by atoms with van der Waals surface area (Å²) in [7, 11) is 1.83. The van der Waals surface area contributed by atoms with Crippen LogP contribution in [0.4, 0.5) is 0 Å². The first-order valence-electron chi connectivity index (χ1n) is 7.34. The second kappa shape index (κ2) is 7.21. The average Bonchev–Trinajstić information content (AvgIpc) is 2.90. The van der Waals surface area contributed by atoms with Crippen molar-refractivity contribution in [3.63, 3.8) is 0 Å². The Morgan fingerprint density at radius 2 is 2.14 bits per heavy atom. The molecule has 2 heterocycles. The van der Waals surface area contributed by atoms with E-state index in [4.69, 9.17) is 5.73 Å². The van der Waals surface area contributed by atoms with E-state index in [-0.39, 0.29) is 17.7 Å². The Morgan fingerprint density at radius 1 is 1.43 bits per heavy atom. The molecule has 1 aliphatic heterocycles. The first-order chi connectivity index (χ1) is 10.1. The number of aryl methyl sites for hydroxylation is 1. The summed E-state index contributed by atoms with van der Waals surface area (Å²) in [4.78, 5) is 29.2. The van der Waals surface area contributed by atoms with Crippen LogP contribution in [0, 0.1) is 5.92 Å². The first-order valence-corrected chi connectivity index (χ1v) is 7.34. The summed E-state index contributed by atoms with van der Waals surface area (Å²) >= 11 is 0. The van der Waals surface area contributed by atoms with E-state index in [0.29, 0.717) is 12.2 Å². The van der Waals surface area contributed by atoms with Gasteiger partial charge < -0.3 is 20.5 Å². The van der Waals surface area contributed by atoms with Crippen LogP contribution in [0.1, 0.15) is 29.8 Å². The largest absolute Gasteiger partial charge is 0.369 e. The standard InChI is InChI=1S/C14H23N5O2/c1-18-9-12(17-10-18)14(21)16-5-2-6-19-7-3-11(4-8-19)13(15)20/h9-11H,2-8H2,1H3,(H2,15,20)(H,16,21). The lowest BCUT2D eigenvalue weighted by molar-refractivity contribution is -0.123. The maximum Gasteiger partial charge on any atom is 0.271 e. The third-order valence-corrected chi connectivity index (χ3v) is 3.86. The minimum absolute atomic E-state index is 0.0325. The van der Waals surface area contributed by atoms with E-state index in [1.807, 2.05) is 7.05 Å². The molecule has 0 aliphatic carbocycles. The van der Waals surface area contributed by atoms with Gasteiger partial charge in [-0.1, -0.05) is 0 Å². The average molecular weight is 293 g/mol. The Kier molecular flexibility index (Phi) is 5.32. The highest BCUT2D eigenvalue weighted by Crippen LogP contribution is 2.16. The zero-order valence-electron chi connectivity index (χ0n) is 12.4. The molecule has 1 fully saturated rings. The van der Waals surface area contributed by atoms with Gasteiger partial charge in [0.1, 0.15) is 5.69 Å². The molecule has 0 saturated carbocycles. The smallest absolute Gasteiger partial charge is 0.271 e. The van der Waals surface area contributed by atoms with E-state index < -0.39 is 0 Å². The highest BCUT2D eigenvalue weighted by Gasteiger charge is 2.22. The number of nitrogens with zero attached hydrogens (tertiary/aromatic N) is 3. The molecule has 1 aliphatic rings. The minimum Gasteiger partial charge on any atom is -0.369 e. The lowest BCUT2D eigenvalue weighted by Crippen LogP contribution is -2.39.